The highest BCUT2D eigenvalue weighted by molar-refractivity contribution is 5.95. The molecule has 126 valence electrons. The van der Waals surface area contributed by atoms with Crippen molar-refractivity contribution in [2.24, 2.45) is 0 Å². The number of methoxy groups -OCH3 is 2. The van der Waals surface area contributed by atoms with Crippen LogP contribution >= 0.6 is 0 Å². The highest BCUT2D eigenvalue weighted by Gasteiger charge is 2.30. The van der Waals surface area contributed by atoms with Crippen molar-refractivity contribution >= 4 is 11.7 Å². The fourth-order valence-electron chi connectivity index (χ4n) is 3.12. The molecule has 6 heteroatoms. The Balaban J connectivity index is 1.79. The molecule has 1 aromatic heterocycles. The second kappa shape index (κ2) is 6.78. The van der Waals surface area contributed by atoms with Crippen molar-refractivity contribution in [3.8, 4) is 11.5 Å². The van der Waals surface area contributed by atoms with Gasteiger partial charge in [-0.05, 0) is 36.8 Å². The molecule has 0 bridgehead atoms. The predicted molar refractivity (Wildman–Crippen MR) is 91.5 cm³/mol. The fourth-order valence-corrected chi connectivity index (χ4v) is 3.12. The second-order valence-electron chi connectivity index (χ2n) is 5.81. The molecule has 1 fully saturated rings. The third-order valence-corrected chi connectivity index (χ3v) is 4.38. The van der Waals surface area contributed by atoms with Gasteiger partial charge in [0.1, 0.15) is 17.3 Å². The van der Waals surface area contributed by atoms with Crippen LogP contribution in [0, 0.1) is 0 Å². The van der Waals surface area contributed by atoms with E-state index in [1.54, 1.807) is 32.5 Å². The van der Waals surface area contributed by atoms with Crippen LogP contribution in [0.1, 0.15) is 28.3 Å². The number of benzene rings is 1. The number of amides is 1. The summed E-state index contributed by atoms with van der Waals surface area (Å²) in [6.07, 6.45) is 2.44. The number of nitrogens with two attached hydrogens (primary N) is 1. The average molecular weight is 327 g/mol. The molecule has 1 saturated heterocycles. The molecule has 2 N–H and O–H groups in total. The lowest BCUT2D eigenvalue weighted by atomic mass is 9.97. The molecule has 1 aliphatic rings. The zero-order chi connectivity index (χ0) is 17.1. The highest BCUT2D eigenvalue weighted by Crippen LogP contribution is 2.36. The standard InChI is InChI=1S/C18H21N3O3/c1-23-14-3-4-16(24-2)15(10-14)13-6-8-21(11-13)18(22)12-5-7-20-17(19)9-12/h3-5,7,9-10,13H,6,8,11H2,1-2H3,(H2,19,20)/t13-/m1/s1. The van der Waals surface area contributed by atoms with Crippen LogP contribution < -0.4 is 15.2 Å². The molecule has 0 radical (unpaired) electrons. The molecular weight excluding hydrogens is 306 g/mol. The minimum Gasteiger partial charge on any atom is -0.497 e. The van der Waals surface area contributed by atoms with E-state index in [1.807, 2.05) is 23.1 Å². The summed E-state index contributed by atoms with van der Waals surface area (Å²) in [5, 5.41) is 0. The zero-order valence-corrected chi connectivity index (χ0v) is 13.9. The smallest absolute Gasteiger partial charge is 0.254 e. The Morgan fingerprint density at radius 1 is 1.25 bits per heavy atom. The van der Waals surface area contributed by atoms with Crippen LogP contribution in [0.25, 0.3) is 0 Å². The summed E-state index contributed by atoms with van der Waals surface area (Å²) >= 11 is 0. The summed E-state index contributed by atoms with van der Waals surface area (Å²) in [5.74, 6) is 2.17. The highest BCUT2D eigenvalue weighted by atomic mass is 16.5. The van der Waals surface area contributed by atoms with Crippen LogP contribution in [0.4, 0.5) is 5.82 Å². The molecule has 0 unspecified atom stereocenters. The molecule has 1 amide bonds. The van der Waals surface area contributed by atoms with Gasteiger partial charge < -0.3 is 20.1 Å². The first kappa shape index (κ1) is 16.1. The Labute approximate surface area is 141 Å². The number of hydrogen-bond acceptors (Lipinski definition) is 5. The van der Waals surface area contributed by atoms with Crippen molar-refractivity contribution in [2.75, 3.05) is 33.0 Å². The number of carbonyl (C=O) groups is 1. The Kier molecular flexibility index (Phi) is 4.55. The molecule has 0 saturated carbocycles. The number of anilines is 1. The zero-order valence-electron chi connectivity index (χ0n) is 13.9. The van der Waals surface area contributed by atoms with Gasteiger partial charge in [0.2, 0.25) is 0 Å². The minimum atomic E-state index is -0.0199. The lowest BCUT2D eigenvalue weighted by Crippen LogP contribution is -2.28. The maximum atomic E-state index is 12.6. The van der Waals surface area contributed by atoms with E-state index >= 15 is 0 Å². The molecule has 2 aromatic rings. The van der Waals surface area contributed by atoms with E-state index in [2.05, 4.69) is 4.98 Å². The minimum absolute atomic E-state index is 0.0199. The van der Waals surface area contributed by atoms with Crippen LogP contribution in [-0.2, 0) is 0 Å². The SMILES string of the molecule is COc1ccc(OC)c([C@@H]2CCN(C(=O)c3ccnc(N)c3)C2)c1. The normalized spacial score (nSPS) is 16.9. The Bertz CT molecular complexity index is 748. The monoisotopic (exact) mass is 327 g/mol. The van der Waals surface area contributed by atoms with Gasteiger partial charge in [0.05, 0.1) is 14.2 Å². The van der Waals surface area contributed by atoms with E-state index in [1.165, 1.54) is 0 Å². The number of ether oxygens (including phenoxy) is 2. The molecule has 1 aliphatic heterocycles. The lowest BCUT2D eigenvalue weighted by molar-refractivity contribution is 0.0790. The molecule has 3 rings (SSSR count). The molecule has 6 nitrogen and oxygen atoms in total. The van der Waals surface area contributed by atoms with E-state index in [4.69, 9.17) is 15.2 Å². The van der Waals surface area contributed by atoms with Crippen LogP contribution in [0.3, 0.4) is 0 Å². The maximum Gasteiger partial charge on any atom is 0.254 e. The first-order valence-electron chi connectivity index (χ1n) is 7.85. The van der Waals surface area contributed by atoms with E-state index in [0.29, 0.717) is 24.5 Å². The topological polar surface area (TPSA) is 77.7 Å². The molecular formula is C18H21N3O3. The van der Waals surface area contributed by atoms with Crippen LogP contribution in [0.15, 0.2) is 36.5 Å². The van der Waals surface area contributed by atoms with Crippen LogP contribution in [-0.4, -0.2) is 43.1 Å². The van der Waals surface area contributed by atoms with Gasteiger partial charge in [0.15, 0.2) is 0 Å². The first-order chi connectivity index (χ1) is 11.6. The van der Waals surface area contributed by atoms with E-state index in [9.17, 15) is 4.79 Å². The first-order valence-corrected chi connectivity index (χ1v) is 7.85. The summed E-state index contributed by atoms with van der Waals surface area (Å²) in [7, 11) is 3.30. The quantitative estimate of drug-likeness (QED) is 0.932. The van der Waals surface area contributed by atoms with Crippen molar-refractivity contribution in [1.29, 1.82) is 0 Å². The molecule has 24 heavy (non-hydrogen) atoms. The van der Waals surface area contributed by atoms with Gasteiger partial charge in [-0.15, -0.1) is 0 Å². The van der Waals surface area contributed by atoms with Gasteiger partial charge in [-0.1, -0.05) is 0 Å². The van der Waals surface area contributed by atoms with Crippen LogP contribution in [0.2, 0.25) is 0 Å². The molecule has 1 aromatic carbocycles. The fraction of sp³-hybridized carbons (Fsp3) is 0.333. The van der Waals surface area contributed by atoms with Crippen molar-refractivity contribution in [3.63, 3.8) is 0 Å². The van der Waals surface area contributed by atoms with Crippen molar-refractivity contribution in [2.45, 2.75) is 12.3 Å². The Morgan fingerprint density at radius 2 is 2.08 bits per heavy atom. The molecule has 2 heterocycles. The van der Waals surface area contributed by atoms with E-state index < -0.39 is 0 Å². The van der Waals surface area contributed by atoms with Gasteiger partial charge in [0, 0.05) is 36.3 Å². The van der Waals surface area contributed by atoms with Crippen molar-refractivity contribution in [1.82, 2.24) is 9.88 Å². The number of nitrogen functional groups attached to an aromatic ring is 1. The van der Waals surface area contributed by atoms with E-state index in [0.717, 1.165) is 23.5 Å². The van der Waals surface area contributed by atoms with Crippen LogP contribution in [0.5, 0.6) is 11.5 Å². The number of pyridine rings is 1. The lowest BCUT2D eigenvalue weighted by Gasteiger charge is -2.18. The third-order valence-electron chi connectivity index (χ3n) is 4.38. The summed E-state index contributed by atoms with van der Waals surface area (Å²) in [5.41, 5.74) is 7.31. The van der Waals surface area contributed by atoms with Gasteiger partial charge in [-0.2, -0.15) is 0 Å². The van der Waals surface area contributed by atoms with Gasteiger partial charge >= 0.3 is 0 Å². The van der Waals surface area contributed by atoms with Gasteiger partial charge in [0.25, 0.3) is 5.91 Å². The largest absolute Gasteiger partial charge is 0.497 e. The number of likely N-dealkylation sites (tertiary alicyclic amines) is 1. The molecule has 0 aliphatic carbocycles. The number of rotatable bonds is 4. The van der Waals surface area contributed by atoms with Crippen molar-refractivity contribution < 1.29 is 14.3 Å². The molecule has 0 spiro atoms. The second-order valence-corrected chi connectivity index (χ2v) is 5.81. The molecule has 1 atom stereocenters. The van der Waals surface area contributed by atoms with Crippen molar-refractivity contribution in [3.05, 3.63) is 47.7 Å². The summed E-state index contributed by atoms with van der Waals surface area (Å²) < 4.78 is 10.8. The predicted octanol–water partition coefficient (Wildman–Crippen LogP) is 2.31. The number of hydrogen-bond donors (Lipinski definition) is 1. The van der Waals surface area contributed by atoms with Gasteiger partial charge in [-0.3, -0.25) is 4.79 Å². The van der Waals surface area contributed by atoms with Gasteiger partial charge in [-0.25, -0.2) is 4.98 Å². The average Bonchev–Trinajstić information content (AvgIpc) is 3.10. The Morgan fingerprint density at radius 3 is 2.79 bits per heavy atom. The number of carbonyl (C=O) groups excluding carboxylic acids is 1. The maximum absolute atomic E-state index is 12.6. The number of nitrogens with zero attached hydrogens (tertiary/aromatic N) is 2. The Hall–Kier alpha value is -2.76. The van der Waals surface area contributed by atoms with E-state index in [-0.39, 0.29) is 11.8 Å². The number of aromatic nitrogens is 1. The summed E-state index contributed by atoms with van der Waals surface area (Å²) in [6, 6.07) is 9.07. The third kappa shape index (κ3) is 3.13. The summed E-state index contributed by atoms with van der Waals surface area (Å²) in [6.45, 7) is 1.34. The summed E-state index contributed by atoms with van der Waals surface area (Å²) in [4.78, 5) is 18.4.